The molecular formula is C16H26NO+. The van der Waals surface area contributed by atoms with Crippen molar-refractivity contribution in [2.75, 3.05) is 26.2 Å². The number of likely N-dealkylation sites (tertiary alicyclic amines) is 1. The number of rotatable bonds is 7. The van der Waals surface area contributed by atoms with Gasteiger partial charge in [-0.15, -0.1) is 0 Å². The van der Waals surface area contributed by atoms with E-state index in [4.69, 9.17) is 4.74 Å². The molecule has 2 nitrogen and oxygen atoms in total. The van der Waals surface area contributed by atoms with Crippen LogP contribution in [-0.4, -0.2) is 31.1 Å². The van der Waals surface area contributed by atoms with E-state index in [1.807, 2.05) is 0 Å². The highest BCUT2D eigenvalue weighted by molar-refractivity contribution is 5.26. The minimum Gasteiger partial charge on any atom is -0.494 e. The highest BCUT2D eigenvalue weighted by Crippen LogP contribution is 2.12. The van der Waals surface area contributed by atoms with Crippen molar-refractivity contribution in [1.82, 2.24) is 4.90 Å². The third-order valence-corrected chi connectivity index (χ3v) is 3.61. The van der Waals surface area contributed by atoms with Gasteiger partial charge in [-0.25, -0.2) is 0 Å². The number of ether oxygens (including phenoxy) is 1. The van der Waals surface area contributed by atoms with E-state index < -0.39 is 0 Å². The standard InChI is InChI=1S/C16H25NO/c1-15-7-9-16(10-8-15)18-14-6-2-3-11-17-12-4-5-13-17/h7-10H,2-6,11-14H2,1H3/p+1. The van der Waals surface area contributed by atoms with Gasteiger partial charge in [-0.05, 0) is 70.8 Å². The van der Waals surface area contributed by atoms with Crippen molar-refractivity contribution in [2.45, 2.75) is 39.0 Å². The van der Waals surface area contributed by atoms with Crippen molar-refractivity contribution in [3.05, 3.63) is 29.8 Å². The molecule has 0 aliphatic carbocycles. The quantitative estimate of drug-likeness (QED) is 0.681. The second-order valence-corrected chi connectivity index (χ2v) is 5.27. The Labute approximate surface area is 112 Å². The molecule has 2 rings (SSSR count). The van der Waals surface area contributed by atoms with Crippen molar-refractivity contribution in [3.63, 3.8) is 0 Å². The van der Waals surface area contributed by atoms with Crippen LogP contribution in [0.3, 0.4) is 0 Å². The summed E-state index contributed by atoms with van der Waals surface area (Å²) in [5.74, 6) is 1.00. The highest BCUT2D eigenvalue weighted by Gasteiger charge is 2.09. The first-order chi connectivity index (χ1) is 8.84. The van der Waals surface area contributed by atoms with Gasteiger partial charge in [-0.1, -0.05) is 17.7 Å². The minimum atomic E-state index is 0. The molecule has 0 spiro atoms. The molecule has 1 aromatic rings. The molecule has 0 saturated carbocycles. The van der Waals surface area contributed by atoms with Crippen LogP contribution in [0.2, 0.25) is 0 Å². The van der Waals surface area contributed by atoms with Crippen LogP contribution >= 0.6 is 0 Å². The Hall–Kier alpha value is -1.02. The van der Waals surface area contributed by atoms with Crippen molar-refractivity contribution < 1.29 is 6.16 Å². The van der Waals surface area contributed by atoms with Gasteiger partial charge in [-0.2, -0.15) is 0 Å². The topological polar surface area (TPSA) is 12.5 Å². The van der Waals surface area contributed by atoms with E-state index >= 15 is 0 Å². The van der Waals surface area contributed by atoms with Gasteiger partial charge in [0.05, 0.1) is 6.61 Å². The molecular weight excluding hydrogens is 222 g/mol. The fourth-order valence-electron chi connectivity index (χ4n) is 2.44. The Morgan fingerprint density at radius 3 is 2.50 bits per heavy atom. The lowest BCUT2D eigenvalue weighted by atomic mass is 10.2. The number of hydrogen-bond acceptors (Lipinski definition) is 2. The van der Waals surface area contributed by atoms with E-state index in [2.05, 4.69) is 36.1 Å². The van der Waals surface area contributed by atoms with Crippen LogP contribution in [0.5, 0.6) is 5.75 Å². The van der Waals surface area contributed by atoms with Crippen LogP contribution in [0.1, 0.15) is 39.1 Å². The van der Waals surface area contributed by atoms with E-state index in [0.29, 0.717) is 0 Å². The number of aryl methyl sites for hydroxylation is 1. The normalized spacial score (nSPS) is 16.1. The number of hydrogen-bond donors (Lipinski definition) is 0. The predicted octanol–water partition coefficient (Wildman–Crippen LogP) is 3.75. The zero-order valence-corrected chi connectivity index (χ0v) is 11.5. The van der Waals surface area contributed by atoms with Gasteiger partial charge in [0.15, 0.2) is 0 Å². The molecule has 1 aromatic carbocycles. The summed E-state index contributed by atoms with van der Waals surface area (Å²) >= 11 is 0. The maximum atomic E-state index is 5.72. The van der Waals surface area contributed by atoms with Crippen molar-refractivity contribution in [1.29, 1.82) is 0 Å². The summed E-state index contributed by atoms with van der Waals surface area (Å²) < 4.78 is 5.72. The smallest absolute Gasteiger partial charge is 0.494 e. The molecule has 0 atom stereocenters. The van der Waals surface area contributed by atoms with E-state index in [1.165, 1.54) is 57.3 Å². The monoisotopic (exact) mass is 248 g/mol. The van der Waals surface area contributed by atoms with Gasteiger partial charge in [0.1, 0.15) is 5.75 Å². The predicted molar refractivity (Wildman–Crippen MR) is 77.3 cm³/mol. The first kappa shape index (κ1) is 13.4. The molecule has 0 radical (unpaired) electrons. The van der Waals surface area contributed by atoms with E-state index in [1.54, 1.807) is 0 Å². The summed E-state index contributed by atoms with van der Waals surface area (Å²) in [6.45, 7) is 6.87. The number of unbranched alkanes of at least 4 members (excludes halogenated alkanes) is 2. The second kappa shape index (κ2) is 7.42. The molecule has 0 amide bonds. The molecule has 0 N–H and O–H groups in total. The van der Waals surface area contributed by atoms with Gasteiger partial charge >= 0.3 is 1.43 Å². The number of benzene rings is 1. The molecule has 18 heavy (non-hydrogen) atoms. The Morgan fingerprint density at radius 2 is 1.78 bits per heavy atom. The van der Waals surface area contributed by atoms with E-state index in [9.17, 15) is 0 Å². The van der Waals surface area contributed by atoms with E-state index in [-0.39, 0.29) is 1.43 Å². The summed E-state index contributed by atoms with van der Waals surface area (Å²) in [6, 6.07) is 8.31. The van der Waals surface area contributed by atoms with Crippen LogP contribution in [0.4, 0.5) is 0 Å². The highest BCUT2D eigenvalue weighted by atomic mass is 16.5. The fourth-order valence-corrected chi connectivity index (χ4v) is 2.44. The van der Waals surface area contributed by atoms with Crippen LogP contribution < -0.4 is 4.74 Å². The first-order valence-corrected chi connectivity index (χ1v) is 7.26. The molecule has 2 heteroatoms. The van der Waals surface area contributed by atoms with Crippen LogP contribution in [0.25, 0.3) is 0 Å². The van der Waals surface area contributed by atoms with Crippen LogP contribution in [0, 0.1) is 6.92 Å². The van der Waals surface area contributed by atoms with Gasteiger partial charge in [0.25, 0.3) is 0 Å². The Bertz CT molecular complexity index is 333. The average Bonchev–Trinajstić information content (AvgIpc) is 2.89. The lowest BCUT2D eigenvalue weighted by molar-refractivity contribution is 0.290. The second-order valence-electron chi connectivity index (χ2n) is 5.27. The van der Waals surface area contributed by atoms with Crippen LogP contribution in [0.15, 0.2) is 24.3 Å². The summed E-state index contributed by atoms with van der Waals surface area (Å²) in [5, 5.41) is 0. The van der Waals surface area contributed by atoms with Crippen molar-refractivity contribution >= 4 is 0 Å². The van der Waals surface area contributed by atoms with Gasteiger partial charge in [0, 0.05) is 0 Å². The fraction of sp³-hybridized carbons (Fsp3) is 0.625. The Morgan fingerprint density at radius 1 is 1.06 bits per heavy atom. The molecule has 1 heterocycles. The molecule has 1 aliphatic rings. The van der Waals surface area contributed by atoms with Gasteiger partial charge in [-0.3, -0.25) is 0 Å². The zero-order valence-electron chi connectivity index (χ0n) is 12.5. The Kier molecular flexibility index (Phi) is 5.53. The van der Waals surface area contributed by atoms with E-state index in [0.717, 1.165) is 12.4 Å². The van der Waals surface area contributed by atoms with Crippen molar-refractivity contribution in [2.24, 2.45) is 0 Å². The first-order valence-electron chi connectivity index (χ1n) is 7.26. The SMILES string of the molecule is Cc1ccc(OCCCCCN2CCCC2)cc1.[H+]. The largest absolute Gasteiger partial charge is 1.00 e. The molecule has 0 aromatic heterocycles. The van der Waals surface area contributed by atoms with Crippen LogP contribution in [-0.2, 0) is 0 Å². The summed E-state index contributed by atoms with van der Waals surface area (Å²) in [4.78, 5) is 2.58. The Balaban J connectivity index is 0.00000180. The molecule has 0 bridgehead atoms. The molecule has 1 saturated heterocycles. The number of nitrogens with zero attached hydrogens (tertiary/aromatic N) is 1. The maximum absolute atomic E-state index is 5.72. The summed E-state index contributed by atoms with van der Waals surface area (Å²) in [7, 11) is 0. The lowest BCUT2D eigenvalue weighted by Gasteiger charge is -2.13. The summed E-state index contributed by atoms with van der Waals surface area (Å²) in [6.07, 6.45) is 6.56. The molecule has 0 unspecified atom stereocenters. The lowest BCUT2D eigenvalue weighted by Crippen LogP contribution is -2.20. The third kappa shape index (κ3) is 4.69. The van der Waals surface area contributed by atoms with Gasteiger partial charge < -0.3 is 9.64 Å². The maximum Gasteiger partial charge on any atom is 1.00 e. The molecule has 1 fully saturated rings. The average molecular weight is 248 g/mol. The zero-order chi connectivity index (χ0) is 12.6. The molecule has 100 valence electrons. The van der Waals surface area contributed by atoms with Gasteiger partial charge in [0.2, 0.25) is 0 Å². The minimum absolute atomic E-state index is 0. The third-order valence-electron chi connectivity index (χ3n) is 3.61. The summed E-state index contributed by atoms with van der Waals surface area (Å²) in [5.41, 5.74) is 1.29. The molecule has 1 aliphatic heterocycles. The van der Waals surface area contributed by atoms with Crippen molar-refractivity contribution in [3.8, 4) is 5.75 Å².